The van der Waals surface area contributed by atoms with Crippen molar-refractivity contribution in [1.82, 2.24) is 15.1 Å². The van der Waals surface area contributed by atoms with E-state index in [0.29, 0.717) is 11.7 Å². The van der Waals surface area contributed by atoms with Crippen LogP contribution in [0.3, 0.4) is 0 Å². The maximum absolute atomic E-state index is 5.27. The smallest absolute Gasteiger partial charge is 0.193 e. The molecule has 1 aromatic heterocycles. The number of hydrogen-bond donors (Lipinski definition) is 1. The van der Waals surface area contributed by atoms with Crippen LogP contribution in [0.15, 0.2) is 78.0 Å². The van der Waals surface area contributed by atoms with Gasteiger partial charge in [-0.3, -0.25) is 0 Å². The lowest BCUT2D eigenvalue weighted by molar-refractivity contribution is 0.831. The molecule has 0 unspecified atom stereocenters. The topological polar surface area (TPSA) is 42.2 Å². The monoisotopic (exact) mass is 334 g/mol. The molecule has 1 heterocycles. The third-order valence-electron chi connectivity index (χ3n) is 3.52. The number of thiocarbonyl (C=S) groups is 1. The van der Waals surface area contributed by atoms with E-state index in [1.165, 1.54) is 11.1 Å². The molecule has 0 amide bonds. The Labute approximate surface area is 146 Å². The molecule has 0 spiro atoms. The van der Waals surface area contributed by atoms with Crippen LogP contribution in [0.4, 0.5) is 0 Å². The molecule has 0 bridgehead atoms. The van der Waals surface area contributed by atoms with E-state index in [1.54, 1.807) is 10.9 Å². The average molecular weight is 334 g/mol. The first kappa shape index (κ1) is 16.1. The van der Waals surface area contributed by atoms with Gasteiger partial charge in [0.15, 0.2) is 5.11 Å². The van der Waals surface area contributed by atoms with Crippen molar-refractivity contribution in [2.45, 2.75) is 13.5 Å². The van der Waals surface area contributed by atoms with Crippen molar-refractivity contribution in [3.8, 4) is 5.69 Å². The van der Waals surface area contributed by atoms with E-state index >= 15 is 0 Å². The molecule has 0 fully saturated rings. The Balaban J connectivity index is 1.65. The van der Waals surface area contributed by atoms with Gasteiger partial charge in [-0.2, -0.15) is 5.10 Å². The zero-order chi connectivity index (χ0) is 16.8. The quantitative estimate of drug-likeness (QED) is 0.748. The summed E-state index contributed by atoms with van der Waals surface area (Å²) < 4.78 is 1.79. The lowest BCUT2D eigenvalue weighted by atomic mass is 10.1. The molecule has 0 saturated carbocycles. The zero-order valence-electron chi connectivity index (χ0n) is 13.4. The average Bonchev–Trinajstić information content (AvgIpc) is 2.63. The Morgan fingerprint density at radius 1 is 1.08 bits per heavy atom. The summed E-state index contributed by atoms with van der Waals surface area (Å²) in [5.41, 5.74) is 3.42. The van der Waals surface area contributed by atoms with E-state index in [9.17, 15) is 0 Å². The molecule has 3 rings (SSSR count). The highest BCUT2D eigenvalue weighted by molar-refractivity contribution is 7.80. The highest BCUT2D eigenvalue weighted by atomic mass is 32.1. The number of nitrogens with zero attached hydrogens (tertiary/aromatic N) is 3. The lowest BCUT2D eigenvalue weighted by Gasteiger charge is -2.05. The molecule has 0 radical (unpaired) electrons. The predicted molar refractivity (Wildman–Crippen MR) is 99.7 cm³/mol. The van der Waals surface area contributed by atoms with E-state index in [4.69, 9.17) is 12.2 Å². The second-order valence-corrected chi connectivity index (χ2v) is 5.81. The molecule has 4 nitrogen and oxygen atoms in total. The third-order valence-corrected chi connectivity index (χ3v) is 3.75. The Kier molecular flexibility index (Phi) is 5.13. The van der Waals surface area contributed by atoms with Gasteiger partial charge in [-0.25, -0.2) is 9.67 Å². The van der Waals surface area contributed by atoms with Crippen LogP contribution in [0.2, 0.25) is 0 Å². The minimum Gasteiger partial charge on any atom is -0.357 e. The molecule has 3 aromatic rings. The van der Waals surface area contributed by atoms with E-state index in [0.717, 1.165) is 11.0 Å². The highest BCUT2D eigenvalue weighted by Crippen LogP contribution is 2.03. The van der Waals surface area contributed by atoms with Gasteiger partial charge in [-0.15, -0.1) is 0 Å². The lowest BCUT2D eigenvalue weighted by Crippen LogP contribution is -2.22. The first-order valence-electron chi connectivity index (χ1n) is 7.69. The number of aromatic nitrogens is 2. The minimum absolute atomic E-state index is 0.454. The molecule has 0 saturated heterocycles. The van der Waals surface area contributed by atoms with Crippen LogP contribution in [0.1, 0.15) is 11.1 Å². The standard InChI is InChI=1S/C19H18N4S/c1-15-7-9-16(10-8-15)13-20-19(24)22-17-11-12-23(21-14-17)18-5-3-2-4-6-18/h2-12,14H,13H2,1H3,(H,20,24). The fourth-order valence-corrected chi connectivity index (χ4v) is 2.37. The largest absolute Gasteiger partial charge is 0.357 e. The fourth-order valence-electron chi connectivity index (χ4n) is 2.19. The molecular weight excluding hydrogens is 316 g/mol. The first-order valence-corrected chi connectivity index (χ1v) is 8.10. The first-order chi connectivity index (χ1) is 11.7. The molecule has 0 aliphatic carbocycles. The van der Waals surface area contributed by atoms with Crippen molar-refractivity contribution in [2.24, 2.45) is 4.99 Å². The van der Waals surface area contributed by atoms with E-state index in [1.807, 2.05) is 42.6 Å². The highest BCUT2D eigenvalue weighted by Gasteiger charge is 1.96. The van der Waals surface area contributed by atoms with Crippen molar-refractivity contribution >= 4 is 17.3 Å². The van der Waals surface area contributed by atoms with Gasteiger partial charge in [0.2, 0.25) is 0 Å². The summed E-state index contributed by atoms with van der Waals surface area (Å²) >= 11 is 5.27. The predicted octanol–water partition coefficient (Wildman–Crippen LogP) is 3.16. The van der Waals surface area contributed by atoms with Crippen LogP contribution in [-0.2, 0) is 6.54 Å². The van der Waals surface area contributed by atoms with Gasteiger partial charge in [0.05, 0.1) is 17.2 Å². The van der Waals surface area contributed by atoms with Gasteiger partial charge in [0.1, 0.15) is 0 Å². The Morgan fingerprint density at radius 2 is 1.83 bits per heavy atom. The number of hydrogen-bond acceptors (Lipinski definition) is 2. The van der Waals surface area contributed by atoms with Crippen molar-refractivity contribution in [3.63, 3.8) is 0 Å². The van der Waals surface area contributed by atoms with Gasteiger partial charge >= 0.3 is 0 Å². The van der Waals surface area contributed by atoms with Gasteiger partial charge in [-0.05, 0) is 42.9 Å². The van der Waals surface area contributed by atoms with Crippen LogP contribution in [0.25, 0.3) is 5.69 Å². The second kappa shape index (κ2) is 7.66. The summed E-state index contributed by atoms with van der Waals surface area (Å²) in [6.07, 6.45) is 3.57. The number of aryl methyl sites for hydroxylation is 1. The summed E-state index contributed by atoms with van der Waals surface area (Å²) in [6.45, 7) is 2.73. The molecule has 2 aromatic carbocycles. The van der Waals surface area contributed by atoms with Gasteiger partial charge in [0.25, 0.3) is 0 Å². The SMILES string of the molecule is Cc1ccc(CNC(=S)N=c2ccn(-c3ccccc3)nc2)cc1. The molecule has 0 atom stereocenters. The molecule has 0 aliphatic heterocycles. The van der Waals surface area contributed by atoms with Gasteiger partial charge in [-0.1, -0.05) is 48.0 Å². The summed E-state index contributed by atoms with van der Waals surface area (Å²) in [5, 5.41) is 8.69. The van der Waals surface area contributed by atoms with Crippen molar-refractivity contribution in [2.75, 3.05) is 0 Å². The zero-order valence-corrected chi connectivity index (χ0v) is 14.2. The van der Waals surface area contributed by atoms with Crippen LogP contribution in [0.5, 0.6) is 0 Å². The van der Waals surface area contributed by atoms with E-state index in [2.05, 4.69) is 46.6 Å². The Hall–Kier alpha value is -2.79. The van der Waals surface area contributed by atoms with Crippen LogP contribution < -0.4 is 10.7 Å². The van der Waals surface area contributed by atoms with Crippen LogP contribution in [-0.4, -0.2) is 14.9 Å². The number of nitrogens with one attached hydrogen (secondary N) is 1. The summed E-state index contributed by atoms with van der Waals surface area (Å²) in [6, 6.07) is 20.1. The summed E-state index contributed by atoms with van der Waals surface area (Å²) in [5.74, 6) is 0. The maximum Gasteiger partial charge on any atom is 0.193 e. The van der Waals surface area contributed by atoms with Gasteiger partial charge < -0.3 is 5.32 Å². The van der Waals surface area contributed by atoms with Gasteiger partial charge in [0, 0.05) is 12.7 Å². The minimum atomic E-state index is 0.454. The Bertz CT molecular complexity index is 863. The van der Waals surface area contributed by atoms with Crippen molar-refractivity contribution in [3.05, 3.63) is 89.5 Å². The summed E-state index contributed by atoms with van der Waals surface area (Å²) in [4.78, 5) is 4.37. The fraction of sp³-hybridized carbons (Fsp3) is 0.105. The molecular formula is C19H18N4S. The number of para-hydroxylation sites is 1. The molecule has 5 heteroatoms. The molecule has 120 valence electrons. The molecule has 1 N–H and O–H groups in total. The number of rotatable bonds is 3. The maximum atomic E-state index is 5.27. The molecule has 24 heavy (non-hydrogen) atoms. The normalized spacial score (nSPS) is 11.3. The third kappa shape index (κ3) is 4.36. The second-order valence-electron chi connectivity index (χ2n) is 5.42. The van der Waals surface area contributed by atoms with Crippen molar-refractivity contribution in [1.29, 1.82) is 0 Å². The molecule has 0 aliphatic rings. The van der Waals surface area contributed by atoms with Crippen molar-refractivity contribution < 1.29 is 0 Å². The van der Waals surface area contributed by atoms with E-state index < -0.39 is 0 Å². The number of benzene rings is 2. The van der Waals surface area contributed by atoms with Crippen LogP contribution >= 0.6 is 12.2 Å². The van der Waals surface area contributed by atoms with Crippen LogP contribution in [0, 0.1) is 6.92 Å². The summed E-state index contributed by atoms with van der Waals surface area (Å²) in [7, 11) is 0. The Morgan fingerprint density at radius 3 is 2.50 bits per heavy atom. The van der Waals surface area contributed by atoms with E-state index in [-0.39, 0.29) is 0 Å².